The SMILES string of the molecule is COc1cc2c(cc1Br)C(CO)=NCC2. The minimum absolute atomic E-state index is 0.00817. The van der Waals surface area contributed by atoms with Crippen LogP contribution in [0.4, 0.5) is 0 Å². The van der Waals surface area contributed by atoms with Crippen molar-refractivity contribution in [2.45, 2.75) is 6.42 Å². The lowest BCUT2D eigenvalue weighted by atomic mass is 9.98. The summed E-state index contributed by atoms with van der Waals surface area (Å²) in [4.78, 5) is 4.29. The average molecular weight is 270 g/mol. The molecule has 0 spiro atoms. The molecular weight excluding hydrogens is 258 g/mol. The van der Waals surface area contributed by atoms with E-state index in [2.05, 4.69) is 20.9 Å². The lowest BCUT2D eigenvalue weighted by Crippen LogP contribution is -2.16. The Bertz CT molecular complexity index is 415. The number of hydrogen-bond donors (Lipinski definition) is 1. The normalized spacial score (nSPS) is 14.5. The molecule has 0 radical (unpaired) electrons. The second kappa shape index (κ2) is 4.33. The third-order valence-corrected chi connectivity index (χ3v) is 3.14. The van der Waals surface area contributed by atoms with Crippen LogP contribution in [0.3, 0.4) is 0 Å². The van der Waals surface area contributed by atoms with E-state index in [0.717, 1.165) is 34.5 Å². The Hall–Kier alpha value is -0.870. The molecule has 1 heterocycles. The molecule has 1 aliphatic rings. The first-order valence-corrected chi connectivity index (χ1v) is 5.56. The van der Waals surface area contributed by atoms with Gasteiger partial charge in [-0.25, -0.2) is 0 Å². The van der Waals surface area contributed by atoms with E-state index in [1.54, 1.807) is 7.11 Å². The zero-order chi connectivity index (χ0) is 10.8. The van der Waals surface area contributed by atoms with Crippen LogP contribution < -0.4 is 4.74 Å². The fourth-order valence-electron chi connectivity index (χ4n) is 1.76. The topological polar surface area (TPSA) is 41.8 Å². The van der Waals surface area contributed by atoms with Crippen molar-refractivity contribution in [3.05, 3.63) is 27.7 Å². The molecule has 3 nitrogen and oxygen atoms in total. The molecule has 2 rings (SSSR count). The molecule has 0 aromatic heterocycles. The first-order chi connectivity index (χ1) is 7.26. The second-order valence-corrected chi connectivity index (χ2v) is 4.23. The molecule has 15 heavy (non-hydrogen) atoms. The Kier molecular flexibility index (Phi) is 3.07. The van der Waals surface area contributed by atoms with Crippen molar-refractivity contribution < 1.29 is 9.84 Å². The van der Waals surface area contributed by atoms with Gasteiger partial charge in [0.15, 0.2) is 0 Å². The van der Waals surface area contributed by atoms with E-state index in [1.807, 2.05) is 12.1 Å². The van der Waals surface area contributed by atoms with E-state index >= 15 is 0 Å². The predicted molar refractivity (Wildman–Crippen MR) is 62.9 cm³/mol. The zero-order valence-corrected chi connectivity index (χ0v) is 10.0. The molecule has 0 amide bonds. The molecule has 1 aromatic rings. The molecule has 0 saturated heterocycles. The molecule has 1 N–H and O–H groups in total. The van der Waals surface area contributed by atoms with Crippen molar-refractivity contribution in [1.29, 1.82) is 0 Å². The number of benzene rings is 1. The minimum atomic E-state index is -0.00817. The van der Waals surface area contributed by atoms with Gasteiger partial charge < -0.3 is 9.84 Å². The molecule has 1 aliphatic heterocycles. The lowest BCUT2D eigenvalue weighted by Gasteiger charge is -2.17. The summed E-state index contributed by atoms with van der Waals surface area (Å²) in [7, 11) is 1.65. The van der Waals surface area contributed by atoms with Gasteiger partial charge in [-0.3, -0.25) is 4.99 Å². The van der Waals surface area contributed by atoms with Gasteiger partial charge in [-0.1, -0.05) is 0 Å². The summed E-state index contributed by atoms with van der Waals surface area (Å²) in [6.45, 7) is 0.736. The Balaban J connectivity index is 2.52. The van der Waals surface area contributed by atoms with Crippen LogP contribution in [0.25, 0.3) is 0 Å². The number of fused-ring (bicyclic) bond motifs is 1. The van der Waals surface area contributed by atoms with E-state index in [1.165, 1.54) is 5.56 Å². The summed E-state index contributed by atoms with van der Waals surface area (Å²) in [5.41, 5.74) is 2.98. The van der Waals surface area contributed by atoms with E-state index < -0.39 is 0 Å². The van der Waals surface area contributed by atoms with Crippen molar-refractivity contribution in [1.82, 2.24) is 0 Å². The van der Waals surface area contributed by atoms with E-state index in [0.29, 0.717) is 0 Å². The molecule has 80 valence electrons. The van der Waals surface area contributed by atoms with Gasteiger partial charge in [-0.15, -0.1) is 0 Å². The van der Waals surface area contributed by atoms with Gasteiger partial charge in [-0.2, -0.15) is 0 Å². The van der Waals surface area contributed by atoms with Gasteiger partial charge in [0.05, 0.1) is 23.9 Å². The number of rotatable bonds is 2. The summed E-state index contributed by atoms with van der Waals surface area (Å²) in [5, 5.41) is 9.18. The van der Waals surface area contributed by atoms with Gasteiger partial charge >= 0.3 is 0 Å². The van der Waals surface area contributed by atoms with Crippen molar-refractivity contribution in [3.8, 4) is 5.75 Å². The standard InChI is InChI=1S/C11H12BrNO2/c1-15-11-4-7-2-3-13-10(6-14)8(7)5-9(11)12/h4-5,14H,2-3,6H2,1H3. The number of ether oxygens (including phenoxy) is 1. The molecule has 0 saturated carbocycles. The van der Waals surface area contributed by atoms with Crippen LogP contribution in [0, 0.1) is 0 Å². The highest BCUT2D eigenvalue weighted by atomic mass is 79.9. The number of aliphatic imine (C=N–C) groups is 1. The van der Waals surface area contributed by atoms with E-state index in [9.17, 15) is 5.11 Å². The summed E-state index contributed by atoms with van der Waals surface area (Å²) < 4.78 is 6.13. The van der Waals surface area contributed by atoms with Crippen LogP contribution >= 0.6 is 15.9 Å². The number of aliphatic hydroxyl groups is 1. The van der Waals surface area contributed by atoms with Gasteiger partial charge in [-0.05, 0) is 40.0 Å². The van der Waals surface area contributed by atoms with Crippen LogP contribution in [-0.4, -0.2) is 31.1 Å². The fraction of sp³-hybridized carbons (Fsp3) is 0.364. The highest BCUT2D eigenvalue weighted by Gasteiger charge is 2.16. The maximum atomic E-state index is 9.18. The van der Waals surface area contributed by atoms with Crippen molar-refractivity contribution in [2.24, 2.45) is 4.99 Å². The largest absolute Gasteiger partial charge is 0.496 e. The van der Waals surface area contributed by atoms with Gasteiger partial charge in [0, 0.05) is 12.1 Å². The zero-order valence-electron chi connectivity index (χ0n) is 8.46. The fourth-order valence-corrected chi connectivity index (χ4v) is 2.26. The summed E-state index contributed by atoms with van der Waals surface area (Å²) >= 11 is 3.43. The first-order valence-electron chi connectivity index (χ1n) is 4.77. The summed E-state index contributed by atoms with van der Waals surface area (Å²) in [6.07, 6.45) is 0.905. The summed E-state index contributed by atoms with van der Waals surface area (Å²) in [5.74, 6) is 0.827. The lowest BCUT2D eigenvalue weighted by molar-refractivity contribution is 0.357. The number of methoxy groups -OCH3 is 1. The van der Waals surface area contributed by atoms with Gasteiger partial charge in [0.25, 0.3) is 0 Å². The third-order valence-electron chi connectivity index (χ3n) is 2.52. The van der Waals surface area contributed by atoms with Gasteiger partial charge in [0.1, 0.15) is 5.75 Å². The number of halogens is 1. The van der Waals surface area contributed by atoms with Gasteiger partial charge in [0.2, 0.25) is 0 Å². The molecule has 0 unspecified atom stereocenters. The van der Waals surface area contributed by atoms with E-state index in [-0.39, 0.29) is 6.61 Å². The highest BCUT2D eigenvalue weighted by molar-refractivity contribution is 9.10. The quantitative estimate of drug-likeness (QED) is 0.890. The predicted octanol–water partition coefficient (Wildman–Crippen LogP) is 1.80. The van der Waals surface area contributed by atoms with Crippen LogP contribution in [0.15, 0.2) is 21.6 Å². The Morgan fingerprint density at radius 2 is 2.33 bits per heavy atom. The van der Waals surface area contributed by atoms with Crippen molar-refractivity contribution in [2.75, 3.05) is 20.3 Å². The Labute approximate surface area is 96.9 Å². The molecule has 4 heteroatoms. The van der Waals surface area contributed by atoms with Crippen LogP contribution in [-0.2, 0) is 6.42 Å². The maximum absolute atomic E-state index is 9.18. The first kappa shape index (κ1) is 10.6. The Morgan fingerprint density at radius 1 is 1.53 bits per heavy atom. The number of hydrogen-bond acceptors (Lipinski definition) is 3. The molecular formula is C11H12BrNO2. The maximum Gasteiger partial charge on any atom is 0.133 e. The van der Waals surface area contributed by atoms with Crippen LogP contribution in [0.1, 0.15) is 11.1 Å². The smallest absolute Gasteiger partial charge is 0.133 e. The summed E-state index contributed by atoms with van der Waals surface area (Å²) in [6, 6.07) is 3.96. The van der Waals surface area contributed by atoms with Crippen molar-refractivity contribution >= 4 is 21.6 Å². The van der Waals surface area contributed by atoms with E-state index in [4.69, 9.17) is 4.74 Å². The monoisotopic (exact) mass is 269 g/mol. The highest BCUT2D eigenvalue weighted by Crippen LogP contribution is 2.30. The Morgan fingerprint density at radius 3 is 3.00 bits per heavy atom. The third kappa shape index (κ3) is 1.92. The molecule has 0 bridgehead atoms. The van der Waals surface area contributed by atoms with Crippen LogP contribution in [0.2, 0.25) is 0 Å². The number of nitrogens with zero attached hydrogens (tertiary/aromatic N) is 1. The average Bonchev–Trinajstić information content (AvgIpc) is 2.27. The van der Waals surface area contributed by atoms with Crippen LogP contribution in [0.5, 0.6) is 5.75 Å². The molecule has 0 aliphatic carbocycles. The molecule has 0 atom stereocenters. The second-order valence-electron chi connectivity index (χ2n) is 3.38. The number of aliphatic hydroxyl groups excluding tert-OH is 1. The molecule has 0 fully saturated rings. The molecule has 1 aromatic carbocycles. The van der Waals surface area contributed by atoms with Crippen molar-refractivity contribution in [3.63, 3.8) is 0 Å². The minimum Gasteiger partial charge on any atom is -0.496 e.